The Morgan fingerprint density at radius 2 is 1.47 bits per heavy atom. The van der Waals surface area contributed by atoms with Crippen LogP contribution in [-0.4, -0.2) is 64.0 Å². The number of aromatic nitrogens is 2. The highest BCUT2D eigenvalue weighted by molar-refractivity contribution is 7.72. The summed E-state index contributed by atoms with van der Waals surface area (Å²) in [5, 5.41) is 18.9. The van der Waals surface area contributed by atoms with E-state index in [4.69, 9.17) is 45.0 Å². The van der Waals surface area contributed by atoms with Gasteiger partial charge in [-0.05, 0) is 92.3 Å². The fourth-order valence-corrected chi connectivity index (χ4v) is 7.53. The number of aliphatic hydroxyl groups is 1. The van der Waals surface area contributed by atoms with Gasteiger partial charge in [0, 0.05) is 34.8 Å². The van der Waals surface area contributed by atoms with Gasteiger partial charge in [0.2, 0.25) is 0 Å². The van der Waals surface area contributed by atoms with Gasteiger partial charge in [0.25, 0.3) is 5.08 Å². The van der Waals surface area contributed by atoms with Gasteiger partial charge in [-0.25, -0.2) is 4.98 Å². The van der Waals surface area contributed by atoms with Crippen molar-refractivity contribution in [3.05, 3.63) is 94.1 Å². The zero-order valence-corrected chi connectivity index (χ0v) is 29.9. The molecule has 0 bridgehead atoms. The normalized spacial score (nSPS) is 12.4. The van der Waals surface area contributed by atoms with Crippen LogP contribution < -0.4 is 15.2 Å². The van der Waals surface area contributed by atoms with Gasteiger partial charge in [-0.15, -0.1) is 11.3 Å². The van der Waals surface area contributed by atoms with Crippen LogP contribution in [0.4, 0.5) is 0 Å². The van der Waals surface area contributed by atoms with Crippen LogP contribution >= 0.6 is 26.5 Å². The van der Waals surface area contributed by atoms with Gasteiger partial charge >= 0.3 is 15.2 Å². The average molecular weight is 737 g/mol. The van der Waals surface area contributed by atoms with Gasteiger partial charge in [0.1, 0.15) is 11.5 Å². The number of pyridine rings is 1. The van der Waals surface area contributed by atoms with E-state index in [1.165, 1.54) is 23.2 Å². The molecule has 8 N–H and O–H groups in total. The molecular formula is C32H42N4O10P2S. The molecule has 2 aromatic carbocycles. The van der Waals surface area contributed by atoms with Crippen molar-refractivity contribution in [2.75, 3.05) is 13.2 Å². The Kier molecular flexibility index (Phi) is 14.5. The summed E-state index contributed by atoms with van der Waals surface area (Å²) in [6, 6.07) is 18.1. The number of aryl methyl sites for hydroxylation is 1. The first-order chi connectivity index (χ1) is 23.1. The quantitative estimate of drug-likeness (QED) is 0.0197. The van der Waals surface area contributed by atoms with Gasteiger partial charge in [-0.3, -0.25) is 14.1 Å². The predicted octanol–water partition coefficient (Wildman–Crippen LogP) is 5.59. The first-order valence-corrected chi connectivity index (χ1v) is 19.2. The maximum absolute atomic E-state index is 11.0. The lowest BCUT2D eigenvalue weighted by atomic mass is 10.1. The van der Waals surface area contributed by atoms with Gasteiger partial charge in [0.05, 0.1) is 23.9 Å². The van der Waals surface area contributed by atoms with Crippen LogP contribution in [0.15, 0.2) is 78.2 Å². The Morgan fingerprint density at radius 3 is 1.94 bits per heavy atom. The summed E-state index contributed by atoms with van der Waals surface area (Å²) in [7, 11) is -10.8. The van der Waals surface area contributed by atoms with Crippen LogP contribution in [0.3, 0.4) is 0 Å². The molecule has 49 heavy (non-hydrogen) atoms. The molecule has 0 aliphatic heterocycles. The third-order valence-electron chi connectivity index (χ3n) is 7.09. The summed E-state index contributed by atoms with van der Waals surface area (Å²) >= 11 is 1.77. The molecule has 0 radical (unpaired) electrons. The smallest absolute Gasteiger partial charge is 0.369 e. The molecule has 0 aliphatic rings. The van der Waals surface area contributed by atoms with Crippen LogP contribution in [0.2, 0.25) is 0 Å². The van der Waals surface area contributed by atoms with E-state index in [0.717, 1.165) is 53.2 Å². The standard InChI is InChI=1S/C25H31N3O3S.C7H11NO7P2/c1-17(2)24-23(27-18(3)32-24)19-7-11-21(12-8-19)30-15-5-4-6-16-31-22-13-9-20(10-14-22)25(26)28-29;9-7(16(10,11)12,17(13,14)15)4-6-2-1-3-8-5-6/h7-14,17,29H,4-6,15-16H2,1-3H3,(H2,26,28);1-3,5,9H,4H2,(H2,10,11,12)(H2,13,14,15). The van der Waals surface area contributed by atoms with Crippen molar-refractivity contribution >= 4 is 32.4 Å². The van der Waals surface area contributed by atoms with Crippen LogP contribution in [0.25, 0.3) is 11.3 Å². The third-order valence-corrected chi connectivity index (χ3v) is 12.1. The molecule has 0 aliphatic carbocycles. The Bertz CT molecular complexity index is 1720. The Labute approximate surface area is 288 Å². The third kappa shape index (κ3) is 11.4. The second kappa shape index (κ2) is 17.8. The average Bonchev–Trinajstić information content (AvgIpc) is 3.46. The minimum Gasteiger partial charge on any atom is -0.494 e. The van der Waals surface area contributed by atoms with E-state index in [-0.39, 0.29) is 11.4 Å². The van der Waals surface area contributed by atoms with Gasteiger partial charge in [-0.2, -0.15) is 0 Å². The van der Waals surface area contributed by atoms with Gasteiger partial charge in [0.15, 0.2) is 5.84 Å². The first kappa shape index (κ1) is 39.8. The number of rotatable bonds is 15. The highest BCUT2D eigenvalue weighted by atomic mass is 32.1. The molecule has 0 saturated carbocycles. The van der Waals surface area contributed by atoms with Crippen molar-refractivity contribution in [2.45, 2.75) is 57.5 Å². The van der Waals surface area contributed by atoms with E-state index in [1.807, 2.05) is 24.3 Å². The van der Waals surface area contributed by atoms with Crippen molar-refractivity contribution in [3.63, 3.8) is 0 Å². The molecular weight excluding hydrogens is 694 g/mol. The van der Waals surface area contributed by atoms with E-state index >= 15 is 0 Å². The molecule has 0 fully saturated rings. The SMILES string of the molecule is Cc1nc(-c2ccc(OCCCCCOc3ccc(/C(N)=N/O)cc3)cc2)c(C(C)C)s1.O=P(O)(O)C(O)(Cc1cccnc1)P(=O)(O)O. The van der Waals surface area contributed by atoms with Crippen LogP contribution in [0.5, 0.6) is 11.5 Å². The number of amidine groups is 1. The topological polar surface area (TPSA) is 238 Å². The van der Waals surface area contributed by atoms with E-state index in [0.29, 0.717) is 24.7 Å². The second-order valence-electron chi connectivity index (χ2n) is 11.3. The Balaban J connectivity index is 0.000000323. The summed E-state index contributed by atoms with van der Waals surface area (Å²) in [4.78, 5) is 45.2. The molecule has 0 saturated heterocycles. The molecule has 17 heteroatoms. The number of hydrogen-bond donors (Lipinski definition) is 7. The molecule has 266 valence electrons. The number of hydrogen-bond acceptors (Lipinski definition) is 10. The maximum atomic E-state index is 11.0. The zero-order valence-electron chi connectivity index (χ0n) is 27.3. The predicted molar refractivity (Wildman–Crippen MR) is 187 cm³/mol. The molecule has 0 unspecified atom stereocenters. The fourth-order valence-electron chi connectivity index (χ4n) is 4.44. The van der Waals surface area contributed by atoms with E-state index < -0.39 is 26.7 Å². The largest absolute Gasteiger partial charge is 0.494 e. The minimum atomic E-state index is -5.41. The minimum absolute atomic E-state index is 0.0877. The van der Waals surface area contributed by atoms with Gasteiger partial charge in [-0.1, -0.05) is 25.1 Å². The zero-order chi connectivity index (χ0) is 36.2. The van der Waals surface area contributed by atoms with Crippen molar-refractivity contribution in [3.8, 4) is 22.8 Å². The molecule has 14 nitrogen and oxygen atoms in total. The van der Waals surface area contributed by atoms with Crippen molar-refractivity contribution in [1.82, 2.24) is 9.97 Å². The van der Waals surface area contributed by atoms with Crippen molar-refractivity contribution in [2.24, 2.45) is 10.9 Å². The summed E-state index contributed by atoms with van der Waals surface area (Å²) < 4.78 is 33.7. The number of benzene rings is 2. The lowest BCUT2D eigenvalue weighted by Crippen LogP contribution is -2.31. The monoisotopic (exact) mass is 736 g/mol. The first-order valence-electron chi connectivity index (χ1n) is 15.2. The van der Waals surface area contributed by atoms with E-state index in [2.05, 4.69) is 43.0 Å². The highest BCUT2D eigenvalue weighted by Crippen LogP contribution is 2.68. The number of nitrogens with zero attached hydrogens (tertiary/aromatic N) is 3. The highest BCUT2D eigenvalue weighted by Gasteiger charge is 2.59. The van der Waals surface area contributed by atoms with E-state index in [1.54, 1.807) is 23.5 Å². The second-order valence-corrected chi connectivity index (χ2v) is 16.5. The summed E-state index contributed by atoms with van der Waals surface area (Å²) in [6.45, 7) is 7.80. The summed E-state index contributed by atoms with van der Waals surface area (Å²) in [5.74, 6) is 2.21. The molecule has 2 heterocycles. The van der Waals surface area contributed by atoms with Crippen LogP contribution in [0.1, 0.15) is 60.0 Å². The maximum Gasteiger partial charge on any atom is 0.369 e. The molecule has 2 aromatic heterocycles. The lowest BCUT2D eigenvalue weighted by molar-refractivity contribution is 0.131. The fraction of sp³-hybridized carbons (Fsp3) is 0.344. The molecule has 0 spiro atoms. The van der Waals surface area contributed by atoms with Crippen molar-refractivity contribution < 1.29 is 48.5 Å². The number of ether oxygens (including phenoxy) is 2. The van der Waals surface area contributed by atoms with Crippen molar-refractivity contribution in [1.29, 1.82) is 0 Å². The summed E-state index contributed by atoms with van der Waals surface area (Å²) in [5.41, 5.74) is 8.54. The summed E-state index contributed by atoms with van der Waals surface area (Å²) in [6.07, 6.45) is 4.57. The number of nitrogens with two attached hydrogens (primary N) is 1. The molecule has 0 atom stereocenters. The van der Waals surface area contributed by atoms with Gasteiger partial charge < -0.3 is 45.1 Å². The number of unbranched alkanes of at least 4 members (excludes halogenated alkanes) is 2. The Morgan fingerprint density at radius 1 is 0.918 bits per heavy atom. The number of thiazole rings is 1. The molecule has 4 aromatic rings. The van der Waals surface area contributed by atoms with E-state index in [9.17, 15) is 14.2 Å². The van der Waals surface area contributed by atoms with Crippen LogP contribution in [-0.2, 0) is 15.6 Å². The lowest BCUT2D eigenvalue weighted by Gasteiger charge is -2.29. The molecule has 0 amide bonds. The van der Waals surface area contributed by atoms with Crippen LogP contribution in [0, 0.1) is 6.92 Å². The molecule has 4 rings (SSSR count). The number of oxime groups is 1. The Hall–Kier alpha value is -3.65.